The standard InChI is InChI=1S/C17H19NO3S/c1-3-17(19)18(13-15-7-5-4-6-8-15)22(20,21)16-11-9-14(2)10-12-16/h4-12H,3,13H2,1-2H3. The van der Waals surface area contributed by atoms with Crippen LogP contribution in [0.25, 0.3) is 0 Å². The normalized spacial score (nSPS) is 11.2. The fraction of sp³-hybridized carbons (Fsp3) is 0.235. The molecule has 2 aromatic rings. The van der Waals surface area contributed by atoms with Gasteiger partial charge < -0.3 is 0 Å². The molecule has 0 aromatic heterocycles. The van der Waals surface area contributed by atoms with Crippen molar-refractivity contribution in [1.82, 2.24) is 4.31 Å². The molecule has 0 atom stereocenters. The van der Waals surface area contributed by atoms with Crippen LogP contribution in [0.3, 0.4) is 0 Å². The Kier molecular flexibility index (Phi) is 4.98. The van der Waals surface area contributed by atoms with Gasteiger partial charge in [-0.05, 0) is 24.6 Å². The second kappa shape index (κ2) is 6.75. The lowest BCUT2D eigenvalue weighted by molar-refractivity contribution is -0.126. The minimum absolute atomic E-state index is 0.0454. The lowest BCUT2D eigenvalue weighted by Crippen LogP contribution is -2.35. The van der Waals surface area contributed by atoms with Crippen molar-refractivity contribution in [2.24, 2.45) is 0 Å². The molecule has 0 spiro atoms. The molecule has 0 saturated heterocycles. The van der Waals surface area contributed by atoms with E-state index in [0.717, 1.165) is 15.4 Å². The van der Waals surface area contributed by atoms with E-state index in [1.165, 1.54) is 12.1 Å². The largest absolute Gasteiger partial charge is 0.274 e. The summed E-state index contributed by atoms with van der Waals surface area (Å²) in [5.41, 5.74) is 1.75. The summed E-state index contributed by atoms with van der Waals surface area (Å²) in [5.74, 6) is -0.413. The van der Waals surface area contributed by atoms with Gasteiger partial charge in [0.15, 0.2) is 0 Å². The van der Waals surface area contributed by atoms with Crippen molar-refractivity contribution in [3.8, 4) is 0 Å². The summed E-state index contributed by atoms with van der Waals surface area (Å²) in [6, 6.07) is 15.6. The second-order valence-corrected chi connectivity index (χ2v) is 6.92. The Labute approximate surface area is 131 Å². The first-order valence-electron chi connectivity index (χ1n) is 7.11. The Hall–Kier alpha value is -2.14. The highest BCUT2D eigenvalue weighted by molar-refractivity contribution is 7.89. The SMILES string of the molecule is CCC(=O)N(Cc1ccccc1)S(=O)(=O)c1ccc(C)cc1. The lowest BCUT2D eigenvalue weighted by Gasteiger charge is -2.22. The number of carbonyl (C=O) groups is 1. The Morgan fingerprint density at radius 2 is 1.59 bits per heavy atom. The van der Waals surface area contributed by atoms with Gasteiger partial charge >= 0.3 is 0 Å². The molecule has 0 aliphatic heterocycles. The topological polar surface area (TPSA) is 54.5 Å². The molecule has 0 unspecified atom stereocenters. The molecule has 0 aliphatic carbocycles. The summed E-state index contributed by atoms with van der Waals surface area (Å²) in [7, 11) is -3.84. The van der Waals surface area contributed by atoms with E-state index in [9.17, 15) is 13.2 Å². The fourth-order valence-electron chi connectivity index (χ4n) is 2.07. The van der Waals surface area contributed by atoms with E-state index in [0.29, 0.717) is 0 Å². The quantitative estimate of drug-likeness (QED) is 0.851. The predicted molar refractivity (Wildman–Crippen MR) is 85.6 cm³/mol. The third kappa shape index (κ3) is 3.54. The van der Waals surface area contributed by atoms with E-state index in [-0.39, 0.29) is 17.9 Å². The average Bonchev–Trinajstić information content (AvgIpc) is 2.53. The third-order valence-electron chi connectivity index (χ3n) is 3.36. The number of nitrogens with zero attached hydrogens (tertiary/aromatic N) is 1. The van der Waals surface area contributed by atoms with Crippen molar-refractivity contribution >= 4 is 15.9 Å². The Morgan fingerprint density at radius 3 is 2.14 bits per heavy atom. The molecule has 4 nitrogen and oxygen atoms in total. The maximum absolute atomic E-state index is 12.8. The lowest BCUT2D eigenvalue weighted by atomic mass is 10.2. The van der Waals surface area contributed by atoms with Gasteiger partial charge in [-0.3, -0.25) is 4.79 Å². The molecular weight excluding hydrogens is 298 g/mol. The van der Waals surface area contributed by atoms with Crippen LogP contribution in [0, 0.1) is 6.92 Å². The zero-order valence-corrected chi connectivity index (χ0v) is 13.5. The maximum Gasteiger partial charge on any atom is 0.266 e. The van der Waals surface area contributed by atoms with Crippen LogP contribution in [0.5, 0.6) is 0 Å². The molecule has 1 amide bonds. The van der Waals surface area contributed by atoms with Crippen molar-refractivity contribution in [2.45, 2.75) is 31.7 Å². The van der Waals surface area contributed by atoms with Gasteiger partial charge in [0.25, 0.3) is 10.0 Å². The molecule has 0 radical (unpaired) electrons. The summed E-state index contributed by atoms with van der Waals surface area (Å²) >= 11 is 0. The smallest absolute Gasteiger partial charge is 0.266 e. The molecule has 116 valence electrons. The molecule has 2 rings (SSSR count). The van der Waals surface area contributed by atoms with Crippen LogP contribution in [0.4, 0.5) is 0 Å². The molecule has 0 bridgehead atoms. The molecule has 22 heavy (non-hydrogen) atoms. The van der Waals surface area contributed by atoms with Gasteiger partial charge in [-0.25, -0.2) is 12.7 Å². The highest BCUT2D eigenvalue weighted by Gasteiger charge is 2.28. The van der Waals surface area contributed by atoms with Crippen molar-refractivity contribution in [2.75, 3.05) is 0 Å². The van der Waals surface area contributed by atoms with Crippen LogP contribution in [0.1, 0.15) is 24.5 Å². The number of aryl methyl sites for hydroxylation is 1. The van der Waals surface area contributed by atoms with Gasteiger partial charge in [-0.15, -0.1) is 0 Å². The molecular formula is C17H19NO3S. The van der Waals surface area contributed by atoms with E-state index in [2.05, 4.69) is 0 Å². The minimum Gasteiger partial charge on any atom is -0.274 e. The zero-order chi connectivity index (χ0) is 16.2. The monoisotopic (exact) mass is 317 g/mol. The van der Waals surface area contributed by atoms with Gasteiger partial charge in [0.2, 0.25) is 5.91 Å². The van der Waals surface area contributed by atoms with Crippen molar-refractivity contribution in [3.05, 3.63) is 65.7 Å². The Morgan fingerprint density at radius 1 is 1.00 bits per heavy atom. The van der Waals surface area contributed by atoms with E-state index >= 15 is 0 Å². The van der Waals surface area contributed by atoms with Gasteiger partial charge in [0.05, 0.1) is 11.4 Å². The first-order valence-corrected chi connectivity index (χ1v) is 8.55. The van der Waals surface area contributed by atoms with Crippen molar-refractivity contribution in [1.29, 1.82) is 0 Å². The summed E-state index contributed by atoms with van der Waals surface area (Å²) in [6.45, 7) is 3.59. The number of benzene rings is 2. The summed E-state index contributed by atoms with van der Waals surface area (Å²) in [4.78, 5) is 12.3. The maximum atomic E-state index is 12.8. The van der Waals surface area contributed by atoms with E-state index in [4.69, 9.17) is 0 Å². The van der Waals surface area contributed by atoms with Crippen molar-refractivity contribution in [3.63, 3.8) is 0 Å². The fourth-order valence-corrected chi connectivity index (χ4v) is 3.52. The third-order valence-corrected chi connectivity index (χ3v) is 5.14. The zero-order valence-electron chi connectivity index (χ0n) is 12.7. The number of hydrogen-bond acceptors (Lipinski definition) is 3. The second-order valence-electron chi connectivity index (χ2n) is 5.06. The molecule has 2 aromatic carbocycles. The van der Waals surface area contributed by atoms with Crippen LogP contribution in [-0.2, 0) is 21.4 Å². The summed E-state index contributed by atoms with van der Waals surface area (Å²) in [6.07, 6.45) is 0.137. The average molecular weight is 317 g/mol. The van der Waals surface area contributed by atoms with Crippen LogP contribution in [0.2, 0.25) is 0 Å². The summed E-state index contributed by atoms with van der Waals surface area (Å²) < 4.78 is 26.5. The molecule has 0 heterocycles. The summed E-state index contributed by atoms with van der Waals surface area (Å²) in [5, 5.41) is 0. The molecule has 0 fully saturated rings. The molecule has 0 N–H and O–H groups in total. The number of carbonyl (C=O) groups excluding carboxylic acids is 1. The first-order chi connectivity index (χ1) is 10.4. The molecule has 5 heteroatoms. The highest BCUT2D eigenvalue weighted by atomic mass is 32.2. The van der Waals surface area contributed by atoms with Gasteiger partial charge in [0.1, 0.15) is 0 Å². The van der Waals surface area contributed by atoms with Crippen molar-refractivity contribution < 1.29 is 13.2 Å². The van der Waals surface area contributed by atoms with Gasteiger partial charge in [-0.2, -0.15) is 0 Å². The number of sulfonamides is 1. The molecule has 0 saturated carbocycles. The molecule has 0 aliphatic rings. The van der Waals surface area contributed by atoms with Crippen LogP contribution >= 0.6 is 0 Å². The first kappa shape index (κ1) is 16.2. The van der Waals surface area contributed by atoms with Crippen LogP contribution < -0.4 is 0 Å². The Bertz CT molecular complexity index is 737. The van der Waals surface area contributed by atoms with Gasteiger partial charge in [-0.1, -0.05) is 55.0 Å². The van der Waals surface area contributed by atoms with Crippen LogP contribution in [-0.4, -0.2) is 18.6 Å². The number of amides is 1. The predicted octanol–water partition coefficient (Wildman–Crippen LogP) is 3.12. The van der Waals surface area contributed by atoms with Gasteiger partial charge in [0, 0.05) is 6.42 Å². The van der Waals surface area contributed by atoms with Crippen LogP contribution in [0.15, 0.2) is 59.5 Å². The highest BCUT2D eigenvalue weighted by Crippen LogP contribution is 2.20. The van der Waals surface area contributed by atoms with E-state index in [1.54, 1.807) is 31.2 Å². The Balaban J connectivity index is 2.40. The van der Waals surface area contributed by atoms with E-state index in [1.807, 2.05) is 25.1 Å². The van der Waals surface area contributed by atoms with E-state index < -0.39 is 15.9 Å². The minimum atomic E-state index is -3.84. The number of rotatable bonds is 5. The number of hydrogen-bond donors (Lipinski definition) is 0.